The van der Waals surface area contributed by atoms with E-state index in [-0.39, 0.29) is 6.04 Å². The van der Waals surface area contributed by atoms with Gasteiger partial charge in [0.1, 0.15) is 0 Å². The van der Waals surface area contributed by atoms with Crippen molar-refractivity contribution in [3.8, 4) is 0 Å². The number of sulfonamides is 1. The fourth-order valence-corrected chi connectivity index (χ4v) is 6.01. The van der Waals surface area contributed by atoms with E-state index in [1.165, 1.54) is 5.56 Å². The summed E-state index contributed by atoms with van der Waals surface area (Å²) in [6.45, 7) is 4.44. The lowest BCUT2D eigenvalue weighted by Crippen LogP contribution is -2.47. The zero-order valence-corrected chi connectivity index (χ0v) is 17.2. The molecule has 0 amide bonds. The van der Waals surface area contributed by atoms with E-state index in [0.29, 0.717) is 23.3 Å². The Kier molecular flexibility index (Phi) is 5.80. The molecule has 0 radical (unpaired) electrons. The van der Waals surface area contributed by atoms with Crippen molar-refractivity contribution >= 4 is 10.0 Å². The van der Waals surface area contributed by atoms with Crippen LogP contribution in [-0.2, 0) is 16.4 Å². The summed E-state index contributed by atoms with van der Waals surface area (Å²) >= 11 is 0. The minimum absolute atomic E-state index is 0.0794. The first-order valence-electron chi connectivity index (χ1n) is 10.3. The third-order valence-corrected chi connectivity index (χ3v) is 8.06. The molecule has 1 saturated carbocycles. The number of aryl methyl sites for hydroxylation is 1. The van der Waals surface area contributed by atoms with Crippen LogP contribution in [0.3, 0.4) is 0 Å². The van der Waals surface area contributed by atoms with Crippen LogP contribution in [0.4, 0.5) is 0 Å². The summed E-state index contributed by atoms with van der Waals surface area (Å²) in [5, 5.41) is 3.35. The van der Waals surface area contributed by atoms with Crippen LogP contribution in [0.2, 0.25) is 0 Å². The molecule has 1 aliphatic carbocycles. The van der Waals surface area contributed by atoms with Crippen LogP contribution in [-0.4, -0.2) is 43.4 Å². The van der Waals surface area contributed by atoms with Crippen LogP contribution >= 0.6 is 0 Å². The normalized spacial score (nSPS) is 23.1. The fraction of sp³-hybridized carbons (Fsp3) is 0.500. The van der Waals surface area contributed by atoms with E-state index in [1.54, 1.807) is 16.4 Å². The Morgan fingerprint density at radius 2 is 1.75 bits per heavy atom. The van der Waals surface area contributed by atoms with Gasteiger partial charge in [0.15, 0.2) is 0 Å². The third-order valence-electron chi connectivity index (χ3n) is 6.13. The maximum atomic E-state index is 13.5. The maximum absolute atomic E-state index is 13.5. The molecule has 1 N–H and O–H groups in total. The standard InChI is InChI=1S/C22H29N3O2S/c1-2-17-3-5-21(6-4-17)28(26,27)25(20-9-13-24-14-10-20)16-19-15-22(19)18-7-11-23-12-8-18/h3-8,11-12,19-20,22,24H,2,9-10,13-16H2,1H3. The summed E-state index contributed by atoms with van der Waals surface area (Å²) < 4.78 is 28.9. The van der Waals surface area contributed by atoms with Gasteiger partial charge in [-0.05, 0) is 86.0 Å². The van der Waals surface area contributed by atoms with Crippen LogP contribution in [0, 0.1) is 5.92 Å². The molecule has 2 aliphatic rings. The number of nitrogens with zero attached hydrogens (tertiary/aromatic N) is 2. The first-order valence-corrected chi connectivity index (χ1v) is 11.7. The highest BCUT2D eigenvalue weighted by molar-refractivity contribution is 7.89. The number of rotatable bonds is 7. The Balaban J connectivity index is 1.56. The summed E-state index contributed by atoms with van der Waals surface area (Å²) in [5.74, 6) is 0.840. The highest BCUT2D eigenvalue weighted by Crippen LogP contribution is 2.48. The highest BCUT2D eigenvalue weighted by atomic mass is 32.2. The number of aromatic nitrogens is 1. The predicted molar refractivity (Wildman–Crippen MR) is 111 cm³/mol. The van der Waals surface area contributed by atoms with Crippen molar-refractivity contribution in [2.45, 2.75) is 49.5 Å². The van der Waals surface area contributed by atoms with Crippen molar-refractivity contribution < 1.29 is 8.42 Å². The molecule has 28 heavy (non-hydrogen) atoms. The summed E-state index contributed by atoms with van der Waals surface area (Å²) in [6.07, 6.45) is 7.35. The first-order chi connectivity index (χ1) is 13.6. The Morgan fingerprint density at radius 1 is 1.07 bits per heavy atom. The van der Waals surface area contributed by atoms with Gasteiger partial charge in [-0.3, -0.25) is 4.98 Å². The van der Waals surface area contributed by atoms with Crippen LogP contribution < -0.4 is 5.32 Å². The Hall–Kier alpha value is -1.76. The number of piperidine rings is 1. The molecule has 4 rings (SSSR count). The lowest BCUT2D eigenvalue weighted by atomic mass is 10.1. The number of benzene rings is 1. The molecule has 1 aliphatic heterocycles. The maximum Gasteiger partial charge on any atom is 0.243 e. The van der Waals surface area contributed by atoms with E-state index in [9.17, 15) is 8.42 Å². The van der Waals surface area contributed by atoms with Crippen molar-refractivity contribution in [3.05, 3.63) is 59.9 Å². The molecule has 2 unspecified atom stereocenters. The minimum Gasteiger partial charge on any atom is -0.317 e. The van der Waals surface area contributed by atoms with E-state index < -0.39 is 10.0 Å². The predicted octanol–water partition coefficient (Wildman–Crippen LogP) is 3.19. The Morgan fingerprint density at radius 3 is 2.39 bits per heavy atom. The van der Waals surface area contributed by atoms with Gasteiger partial charge in [0.05, 0.1) is 4.90 Å². The van der Waals surface area contributed by atoms with Gasteiger partial charge in [-0.1, -0.05) is 19.1 Å². The van der Waals surface area contributed by atoms with Crippen molar-refractivity contribution in [3.63, 3.8) is 0 Å². The van der Waals surface area contributed by atoms with E-state index in [1.807, 2.05) is 24.5 Å². The van der Waals surface area contributed by atoms with Gasteiger partial charge in [-0.2, -0.15) is 4.31 Å². The van der Waals surface area contributed by atoms with Crippen molar-refractivity contribution in [2.75, 3.05) is 19.6 Å². The number of nitrogens with one attached hydrogen (secondary N) is 1. The minimum atomic E-state index is -3.49. The number of hydrogen-bond donors (Lipinski definition) is 1. The lowest BCUT2D eigenvalue weighted by Gasteiger charge is -2.34. The molecule has 1 saturated heterocycles. The first kappa shape index (κ1) is 19.6. The summed E-state index contributed by atoms with van der Waals surface area (Å²) in [4.78, 5) is 4.52. The van der Waals surface area contributed by atoms with Crippen LogP contribution in [0.1, 0.15) is 43.2 Å². The molecule has 2 aromatic rings. The third kappa shape index (κ3) is 4.14. The molecule has 5 nitrogen and oxygen atoms in total. The SMILES string of the molecule is CCc1ccc(S(=O)(=O)N(CC2CC2c2ccncc2)C2CCNCC2)cc1. The van der Waals surface area contributed by atoms with Gasteiger partial charge < -0.3 is 5.32 Å². The quantitative estimate of drug-likeness (QED) is 0.777. The summed E-state index contributed by atoms with van der Waals surface area (Å²) in [6, 6.07) is 11.6. The average Bonchev–Trinajstić information content (AvgIpc) is 3.53. The van der Waals surface area contributed by atoms with Crippen LogP contribution in [0.25, 0.3) is 0 Å². The summed E-state index contributed by atoms with van der Waals surface area (Å²) in [5.41, 5.74) is 2.43. The van der Waals surface area contributed by atoms with Crippen molar-refractivity contribution in [2.24, 2.45) is 5.92 Å². The van der Waals surface area contributed by atoms with Crippen molar-refractivity contribution in [1.29, 1.82) is 0 Å². The van der Waals surface area contributed by atoms with E-state index in [2.05, 4.69) is 29.4 Å². The summed E-state index contributed by atoms with van der Waals surface area (Å²) in [7, 11) is -3.49. The second-order valence-corrected chi connectivity index (χ2v) is 9.83. The molecular formula is C22H29N3O2S. The molecule has 1 aromatic heterocycles. The zero-order valence-electron chi connectivity index (χ0n) is 16.4. The molecule has 2 heterocycles. The molecule has 2 fully saturated rings. The molecule has 150 valence electrons. The Labute approximate surface area is 168 Å². The lowest BCUT2D eigenvalue weighted by molar-refractivity contribution is 0.254. The van der Waals surface area contributed by atoms with Gasteiger partial charge in [0.25, 0.3) is 0 Å². The number of pyridine rings is 1. The Bertz CT molecular complexity index is 878. The van der Waals surface area contributed by atoms with Crippen LogP contribution in [0.5, 0.6) is 0 Å². The second kappa shape index (κ2) is 8.31. The topological polar surface area (TPSA) is 62.3 Å². The van der Waals surface area contributed by atoms with E-state index >= 15 is 0 Å². The van der Waals surface area contributed by atoms with Gasteiger partial charge in [0, 0.05) is 25.0 Å². The highest BCUT2D eigenvalue weighted by Gasteiger charge is 2.43. The largest absolute Gasteiger partial charge is 0.317 e. The molecule has 2 atom stereocenters. The molecule has 1 aromatic carbocycles. The van der Waals surface area contributed by atoms with Crippen molar-refractivity contribution in [1.82, 2.24) is 14.6 Å². The van der Waals surface area contributed by atoms with Gasteiger partial charge in [-0.15, -0.1) is 0 Å². The monoisotopic (exact) mass is 399 g/mol. The van der Waals surface area contributed by atoms with Gasteiger partial charge in [-0.25, -0.2) is 8.42 Å². The van der Waals surface area contributed by atoms with Gasteiger partial charge >= 0.3 is 0 Å². The second-order valence-electron chi connectivity index (χ2n) is 7.94. The molecule has 0 bridgehead atoms. The fourth-order valence-electron chi connectivity index (χ4n) is 4.27. The smallest absolute Gasteiger partial charge is 0.243 e. The van der Waals surface area contributed by atoms with Gasteiger partial charge in [0.2, 0.25) is 10.0 Å². The molecular weight excluding hydrogens is 370 g/mol. The molecule has 6 heteroatoms. The van der Waals surface area contributed by atoms with E-state index in [4.69, 9.17) is 0 Å². The van der Waals surface area contributed by atoms with E-state index in [0.717, 1.165) is 44.3 Å². The van der Waals surface area contributed by atoms with Crippen LogP contribution in [0.15, 0.2) is 53.7 Å². The molecule has 0 spiro atoms. The zero-order chi connectivity index (χ0) is 19.6. The average molecular weight is 400 g/mol. The number of hydrogen-bond acceptors (Lipinski definition) is 4.